The van der Waals surface area contributed by atoms with Crippen molar-refractivity contribution in [3.05, 3.63) is 33.8 Å². The molecule has 0 saturated carbocycles. The van der Waals surface area contributed by atoms with Crippen molar-refractivity contribution in [2.75, 3.05) is 0 Å². The highest BCUT2D eigenvalue weighted by Crippen LogP contribution is 2.24. The summed E-state index contributed by atoms with van der Waals surface area (Å²) in [7, 11) is 0. The fourth-order valence-electron chi connectivity index (χ4n) is 1.64. The van der Waals surface area contributed by atoms with E-state index in [1.807, 2.05) is 13.0 Å². The maximum absolute atomic E-state index is 10.9. The Morgan fingerprint density at radius 3 is 2.67 bits per heavy atom. The molecule has 0 radical (unpaired) electrons. The van der Waals surface area contributed by atoms with Crippen molar-refractivity contribution in [2.24, 2.45) is 5.92 Å². The van der Waals surface area contributed by atoms with Gasteiger partial charge in [-0.15, -0.1) is 0 Å². The minimum absolute atomic E-state index is 0.209. The molecular weight excluding hydrogens is 231 g/mol. The van der Waals surface area contributed by atoms with Crippen LogP contribution < -0.4 is 0 Å². The van der Waals surface area contributed by atoms with Gasteiger partial charge >= 0.3 is 0 Å². The summed E-state index contributed by atoms with van der Waals surface area (Å²) in [4.78, 5) is 10.9. The summed E-state index contributed by atoms with van der Waals surface area (Å²) in [6, 6.07) is 5.42. The zero-order valence-corrected chi connectivity index (χ0v) is 10.4. The lowest BCUT2D eigenvalue weighted by Crippen LogP contribution is -2.05. The Morgan fingerprint density at radius 2 is 2.07 bits per heavy atom. The highest BCUT2D eigenvalue weighted by atomic mass is 35.5. The number of ketones is 1. The Morgan fingerprint density at radius 1 is 1.40 bits per heavy atom. The third-order valence-corrected chi connectivity index (χ3v) is 2.82. The van der Waals surface area contributed by atoms with E-state index in [0.29, 0.717) is 17.4 Å². The maximum atomic E-state index is 10.9. The highest BCUT2D eigenvalue weighted by molar-refractivity contribution is 6.33. The van der Waals surface area contributed by atoms with Crippen LogP contribution in [0.2, 0.25) is 10.0 Å². The molecule has 3 heteroatoms. The molecule has 1 rings (SSSR count). The largest absolute Gasteiger partial charge is 0.300 e. The van der Waals surface area contributed by atoms with Gasteiger partial charge < -0.3 is 4.79 Å². The normalized spacial score (nSPS) is 12.5. The van der Waals surface area contributed by atoms with Gasteiger partial charge in [-0.2, -0.15) is 0 Å². The molecule has 1 unspecified atom stereocenters. The van der Waals surface area contributed by atoms with Crippen LogP contribution in [0.25, 0.3) is 0 Å². The van der Waals surface area contributed by atoms with Crippen molar-refractivity contribution in [3.8, 4) is 0 Å². The zero-order chi connectivity index (χ0) is 11.4. The number of Topliss-reactive ketones (excluding diaryl/α,β-unsaturated/α-hetero) is 1. The van der Waals surface area contributed by atoms with Gasteiger partial charge in [0.05, 0.1) is 0 Å². The molecule has 0 aliphatic carbocycles. The Kier molecular flexibility index (Phi) is 4.62. The summed E-state index contributed by atoms with van der Waals surface area (Å²) in [5.74, 6) is 0.513. The molecular formula is C12H14Cl2O. The minimum Gasteiger partial charge on any atom is -0.300 e. The van der Waals surface area contributed by atoms with E-state index in [-0.39, 0.29) is 5.78 Å². The fourth-order valence-corrected chi connectivity index (χ4v) is 2.03. The molecule has 15 heavy (non-hydrogen) atoms. The number of carbonyl (C=O) groups is 1. The molecule has 0 bridgehead atoms. The summed E-state index contributed by atoms with van der Waals surface area (Å²) in [5, 5.41) is 1.40. The van der Waals surface area contributed by atoms with E-state index >= 15 is 0 Å². The summed E-state index contributed by atoms with van der Waals surface area (Å²) >= 11 is 11.9. The molecule has 0 aromatic heterocycles. The van der Waals surface area contributed by atoms with Crippen LogP contribution in [-0.4, -0.2) is 5.78 Å². The van der Waals surface area contributed by atoms with Crippen molar-refractivity contribution < 1.29 is 4.79 Å². The smallest absolute Gasteiger partial charge is 0.130 e. The van der Waals surface area contributed by atoms with Crippen molar-refractivity contribution in [1.82, 2.24) is 0 Å². The molecule has 1 aromatic carbocycles. The van der Waals surface area contributed by atoms with Crippen LogP contribution in [0, 0.1) is 5.92 Å². The first kappa shape index (κ1) is 12.5. The highest BCUT2D eigenvalue weighted by Gasteiger charge is 2.09. The van der Waals surface area contributed by atoms with Crippen molar-refractivity contribution >= 4 is 29.0 Å². The second-order valence-electron chi connectivity index (χ2n) is 3.95. The van der Waals surface area contributed by atoms with Crippen molar-refractivity contribution in [2.45, 2.75) is 26.7 Å². The van der Waals surface area contributed by atoms with Gasteiger partial charge in [0.1, 0.15) is 5.78 Å². The van der Waals surface area contributed by atoms with Gasteiger partial charge in [-0.05, 0) is 43.0 Å². The Hall–Kier alpha value is -0.530. The van der Waals surface area contributed by atoms with Gasteiger partial charge in [-0.3, -0.25) is 0 Å². The van der Waals surface area contributed by atoms with Gasteiger partial charge in [0.25, 0.3) is 0 Å². The second-order valence-corrected chi connectivity index (χ2v) is 4.79. The van der Waals surface area contributed by atoms with Crippen LogP contribution in [-0.2, 0) is 11.2 Å². The Balaban J connectivity index is 2.71. The van der Waals surface area contributed by atoms with Gasteiger partial charge in [0.15, 0.2) is 0 Å². The van der Waals surface area contributed by atoms with E-state index in [2.05, 4.69) is 0 Å². The van der Waals surface area contributed by atoms with Crippen LogP contribution >= 0.6 is 23.2 Å². The molecule has 1 nitrogen and oxygen atoms in total. The van der Waals surface area contributed by atoms with E-state index in [0.717, 1.165) is 17.0 Å². The average molecular weight is 245 g/mol. The Bertz CT molecular complexity index is 361. The molecule has 1 aromatic rings. The second kappa shape index (κ2) is 5.53. The number of halogens is 2. The maximum Gasteiger partial charge on any atom is 0.130 e. The van der Waals surface area contributed by atoms with Crippen LogP contribution in [0.4, 0.5) is 0 Å². The first-order valence-electron chi connectivity index (χ1n) is 4.92. The molecule has 0 spiro atoms. The summed E-state index contributed by atoms with van der Waals surface area (Å²) in [5.41, 5.74) is 1.01. The number of carbonyl (C=O) groups excluding carboxylic acids is 1. The number of rotatable bonds is 4. The topological polar surface area (TPSA) is 17.1 Å². The minimum atomic E-state index is 0.209. The lowest BCUT2D eigenvalue weighted by atomic mass is 9.96. The monoisotopic (exact) mass is 244 g/mol. The molecule has 0 N–H and O–H groups in total. The van der Waals surface area contributed by atoms with E-state index in [1.54, 1.807) is 19.1 Å². The quantitative estimate of drug-likeness (QED) is 0.778. The zero-order valence-electron chi connectivity index (χ0n) is 8.89. The number of hydrogen-bond donors (Lipinski definition) is 0. The molecule has 82 valence electrons. The molecule has 0 aliphatic rings. The van der Waals surface area contributed by atoms with Gasteiger partial charge in [0.2, 0.25) is 0 Å². The summed E-state index contributed by atoms with van der Waals surface area (Å²) < 4.78 is 0. The molecule has 0 aliphatic heterocycles. The third kappa shape index (κ3) is 4.23. The van der Waals surface area contributed by atoms with E-state index in [9.17, 15) is 4.79 Å². The third-order valence-electron chi connectivity index (χ3n) is 2.21. The molecule has 0 fully saturated rings. The summed E-state index contributed by atoms with van der Waals surface area (Å²) in [6.07, 6.45) is 1.38. The lowest BCUT2D eigenvalue weighted by Gasteiger charge is -2.10. The van der Waals surface area contributed by atoms with E-state index in [1.165, 1.54) is 0 Å². The van der Waals surface area contributed by atoms with Gasteiger partial charge in [-0.25, -0.2) is 0 Å². The molecule has 0 saturated heterocycles. The first-order valence-corrected chi connectivity index (χ1v) is 5.68. The predicted octanol–water partition coefficient (Wildman–Crippen LogP) is 4.15. The summed E-state index contributed by atoms with van der Waals surface area (Å²) in [6.45, 7) is 3.65. The average Bonchev–Trinajstić information content (AvgIpc) is 2.10. The molecule has 0 amide bonds. The number of benzene rings is 1. The molecule has 1 atom stereocenters. The van der Waals surface area contributed by atoms with Crippen molar-refractivity contribution in [3.63, 3.8) is 0 Å². The first-order chi connectivity index (χ1) is 6.99. The van der Waals surface area contributed by atoms with E-state index < -0.39 is 0 Å². The van der Waals surface area contributed by atoms with Crippen LogP contribution in [0.5, 0.6) is 0 Å². The predicted molar refractivity (Wildman–Crippen MR) is 64.6 cm³/mol. The van der Waals surface area contributed by atoms with Crippen LogP contribution in [0.3, 0.4) is 0 Å². The SMILES string of the molecule is CC(=O)CC(C)Cc1cc(Cl)ccc1Cl. The molecule has 0 heterocycles. The fraction of sp³-hybridized carbons (Fsp3) is 0.417. The number of hydrogen-bond acceptors (Lipinski definition) is 1. The van der Waals surface area contributed by atoms with Gasteiger partial charge in [0, 0.05) is 16.5 Å². The van der Waals surface area contributed by atoms with Crippen LogP contribution in [0.1, 0.15) is 25.8 Å². The Labute approximate surface area is 100 Å². The van der Waals surface area contributed by atoms with Gasteiger partial charge in [-0.1, -0.05) is 30.1 Å². The lowest BCUT2D eigenvalue weighted by molar-refractivity contribution is -0.117. The standard InChI is InChI=1S/C12H14Cl2O/c1-8(5-9(2)15)6-10-7-11(13)3-4-12(10)14/h3-4,7-8H,5-6H2,1-2H3. The van der Waals surface area contributed by atoms with Crippen molar-refractivity contribution in [1.29, 1.82) is 0 Å². The van der Waals surface area contributed by atoms with E-state index in [4.69, 9.17) is 23.2 Å². The van der Waals surface area contributed by atoms with Crippen LogP contribution in [0.15, 0.2) is 18.2 Å².